The lowest BCUT2D eigenvalue weighted by Gasteiger charge is -2.21. The van der Waals surface area contributed by atoms with Crippen LogP contribution < -0.4 is 15.5 Å². The monoisotopic (exact) mass is 359 g/mol. The van der Waals surface area contributed by atoms with Gasteiger partial charge >= 0.3 is 0 Å². The Morgan fingerprint density at radius 2 is 2.00 bits per heavy atom. The van der Waals surface area contributed by atoms with Gasteiger partial charge in [-0.3, -0.25) is 4.99 Å². The Kier molecular flexibility index (Phi) is 5.35. The number of nitrogens with zero attached hydrogens (tertiary/aromatic N) is 5. The van der Waals surface area contributed by atoms with Gasteiger partial charge < -0.3 is 20.4 Å². The van der Waals surface area contributed by atoms with E-state index < -0.39 is 0 Å². The van der Waals surface area contributed by atoms with Crippen molar-refractivity contribution in [3.63, 3.8) is 0 Å². The number of para-hydroxylation sites is 1. The zero-order chi connectivity index (χ0) is 17.8. The van der Waals surface area contributed by atoms with Gasteiger partial charge in [0.2, 0.25) is 5.95 Å². The molecule has 0 saturated heterocycles. The van der Waals surface area contributed by atoms with E-state index in [-0.39, 0.29) is 0 Å². The van der Waals surface area contributed by atoms with Gasteiger partial charge in [0.15, 0.2) is 5.96 Å². The molecule has 2 N–H and O–H groups in total. The van der Waals surface area contributed by atoms with Crippen LogP contribution in [0.15, 0.2) is 35.3 Å². The molecular formula is C17H22ClN7. The fourth-order valence-electron chi connectivity index (χ4n) is 2.54. The number of hydrogen-bond donors (Lipinski definition) is 2. The molecule has 0 saturated carbocycles. The molecule has 0 radical (unpaired) electrons. The van der Waals surface area contributed by atoms with Gasteiger partial charge in [-0.2, -0.15) is 4.98 Å². The quantitative estimate of drug-likeness (QED) is 0.854. The lowest BCUT2D eigenvalue weighted by molar-refractivity contribution is 0.397. The van der Waals surface area contributed by atoms with E-state index in [1.807, 2.05) is 56.4 Å². The molecule has 2 aromatic rings. The van der Waals surface area contributed by atoms with E-state index in [1.165, 1.54) is 0 Å². The topological polar surface area (TPSA) is 68.7 Å². The Bertz CT molecular complexity index is 775. The molecule has 8 heteroatoms. The molecule has 1 aromatic carbocycles. The summed E-state index contributed by atoms with van der Waals surface area (Å²) in [6, 6.07) is 9.58. The average Bonchev–Trinajstić information content (AvgIpc) is 3.07. The highest BCUT2D eigenvalue weighted by Crippen LogP contribution is 2.29. The van der Waals surface area contributed by atoms with E-state index in [4.69, 9.17) is 11.6 Å². The number of hydrogen-bond acceptors (Lipinski definition) is 7. The lowest BCUT2D eigenvalue weighted by Crippen LogP contribution is -2.27. The highest BCUT2D eigenvalue weighted by Gasteiger charge is 2.15. The van der Waals surface area contributed by atoms with Crippen LogP contribution in [0.2, 0.25) is 5.02 Å². The molecule has 0 aliphatic carbocycles. The van der Waals surface area contributed by atoms with Crippen LogP contribution in [-0.2, 0) is 6.54 Å². The summed E-state index contributed by atoms with van der Waals surface area (Å²) in [7, 11) is 5.93. The zero-order valence-electron chi connectivity index (χ0n) is 14.6. The van der Waals surface area contributed by atoms with Gasteiger partial charge in [-0.1, -0.05) is 23.7 Å². The highest BCUT2D eigenvalue weighted by atomic mass is 35.5. The minimum absolute atomic E-state index is 0.577. The minimum Gasteiger partial charge on any atom is -0.354 e. The molecule has 0 bridgehead atoms. The number of guanidine groups is 1. The first-order valence-corrected chi connectivity index (χ1v) is 8.47. The van der Waals surface area contributed by atoms with Gasteiger partial charge in [-0.15, -0.1) is 0 Å². The van der Waals surface area contributed by atoms with E-state index in [0.717, 1.165) is 30.4 Å². The summed E-state index contributed by atoms with van der Waals surface area (Å²) in [6.45, 7) is 2.31. The SMILES string of the molecule is CN(C)Cc1cc(NC2=NCCN2)nc(N(C)c2ccccc2Cl)n1. The summed E-state index contributed by atoms with van der Waals surface area (Å²) in [6.07, 6.45) is 0. The van der Waals surface area contributed by atoms with Crippen molar-refractivity contribution >= 4 is 35.0 Å². The maximum Gasteiger partial charge on any atom is 0.231 e. The summed E-state index contributed by atoms with van der Waals surface area (Å²) >= 11 is 6.32. The highest BCUT2D eigenvalue weighted by molar-refractivity contribution is 6.33. The normalized spacial score (nSPS) is 13.6. The third-order valence-corrected chi connectivity index (χ3v) is 4.00. The van der Waals surface area contributed by atoms with E-state index in [0.29, 0.717) is 23.3 Å². The van der Waals surface area contributed by atoms with Crippen LogP contribution in [0.4, 0.5) is 17.5 Å². The summed E-state index contributed by atoms with van der Waals surface area (Å²) in [5.41, 5.74) is 1.77. The summed E-state index contributed by atoms with van der Waals surface area (Å²) in [5.74, 6) is 2.02. The fourth-order valence-corrected chi connectivity index (χ4v) is 2.80. The third kappa shape index (κ3) is 4.37. The second-order valence-corrected chi connectivity index (χ2v) is 6.48. The Labute approximate surface area is 152 Å². The summed E-state index contributed by atoms with van der Waals surface area (Å²) in [4.78, 5) is 17.6. The number of aliphatic imine (C=N–C) groups is 1. The van der Waals surface area contributed by atoms with Crippen molar-refractivity contribution in [1.82, 2.24) is 20.2 Å². The van der Waals surface area contributed by atoms with Crippen LogP contribution in [0.1, 0.15) is 5.69 Å². The largest absolute Gasteiger partial charge is 0.354 e. The minimum atomic E-state index is 0.577. The smallest absolute Gasteiger partial charge is 0.231 e. The van der Waals surface area contributed by atoms with Crippen LogP contribution in [0, 0.1) is 0 Å². The standard InChI is InChI=1S/C17H22ClN7/c1-24(2)11-12-10-15(22-16-19-8-9-20-16)23-17(21-12)25(3)14-7-5-4-6-13(14)18/h4-7,10H,8-9,11H2,1-3H3,(H2,19,20,21,22,23). The third-order valence-electron chi connectivity index (χ3n) is 3.68. The molecule has 132 valence electrons. The average molecular weight is 360 g/mol. The van der Waals surface area contributed by atoms with Gasteiger partial charge in [0, 0.05) is 26.2 Å². The predicted octanol–water partition coefficient (Wildman–Crippen LogP) is 2.33. The van der Waals surface area contributed by atoms with Crippen molar-refractivity contribution in [3.8, 4) is 0 Å². The van der Waals surface area contributed by atoms with Gasteiger partial charge in [0.25, 0.3) is 0 Å². The molecule has 1 aliphatic heterocycles. The van der Waals surface area contributed by atoms with E-state index in [9.17, 15) is 0 Å². The number of benzene rings is 1. The van der Waals surface area contributed by atoms with Crippen molar-refractivity contribution < 1.29 is 0 Å². The van der Waals surface area contributed by atoms with Crippen LogP contribution in [-0.4, -0.2) is 55.1 Å². The van der Waals surface area contributed by atoms with Crippen LogP contribution >= 0.6 is 11.6 Å². The van der Waals surface area contributed by atoms with Gasteiger partial charge in [-0.25, -0.2) is 4.98 Å². The lowest BCUT2D eigenvalue weighted by atomic mass is 10.3. The first-order chi connectivity index (χ1) is 12.0. The van der Waals surface area contributed by atoms with Crippen LogP contribution in [0.3, 0.4) is 0 Å². The number of aromatic nitrogens is 2. The number of halogens is 1. The van der Waals surface area contributed by atoms with Crippen molar-refractivity contribution in [2.75, 3.05) is 44.4 Å². The first kappa shape index (κ1) is 17.4. The molecule has 25 heavy (non-hydrogen) atoms. The maximum absolute atomic E-state index is 6.32. The van der Waals surface area contributed by atoms with Crippen LogP contribution in [0.5, 0.6) is 0 Å². The molecule has 0 spiro atoms. The number of rotatable bonds is 5. The number of nitrogens with one attached hydrogen (secondary N) is 2. The molecule has 3 rings (SSSR count). The van der Waals surface area contributed by atoms with Crippen LogP contribution in [0.25, 0.3) is 0 Å². The maximum atomic E-state index is 6.32. The molecule has 0 fully saturated rings. The Morgan fingerprint density at radius 1 is 1.20 bits per heavy atom. The zero-order valence-corrected chi connectivity index (χ0v) is 15.4. The van der Waals surface area contributed by atoms with Gasteiger partial charge in [0.05, 0.1) is 22.9 Å². The van der Waals surface area contributed by atoms with E-state index in [1.54, 1.807) is 0 Å². The predicted molar refractivity (Wildman–Crippen MR) is 103 cm³/mol. The number of anilines is 3. The molecule has 1 aliphatic rings. The van der Waals surface area contributed by atoms with Crippen molar-refractivity contribution in [1.29, 1.82) is 0 Å². The Morgan fingerprint density at radius 3 is 2.68 bits per heavy atom. The molecule has 0 amide bonds. The molecule has 0 atom stereocenters. The van der Waals surface area contributed by atoms with Gasteiger partial charge in [-0.05, 0) is 26.2 Å². The molecule has 7 nitrogen and oxygen atoms in total. The van der Waals surface area contributed by atoms with Gasteiger partial charge in [0.1, 0.15) is 5.82 Å². The van der Waals surface area contributed by atoms with Crippen molar-refractivity contribution in [2.24, 2.45) is 4.99 Å². The Balaban J connectivity index is 1.94. The second-order valence-electron chi connectivity index (χ2n) is 6.07. The molecular weight excluding hydrogens is 338 g/mol. The molecule has 2 heterocycles. The molecule has 1 aromatic heterocycles. The first-order valence-electron chi connectivity index (χ1n) is 8.09. The Hall–Kier alpha value is -2.38. The molecule has 0 unspecified atom stereocenters. The van der Waals surface area contributed by atoms with E-state index >= 15 is 0 Å². The van der Waals surface area contributed by atoms with Crippen molar-refractivity contribution in [3.05, 3.63) is 41.0 Å². The van der Waals surface area contributed by atoms with Crippen molar-refractivity contribution in [2.45, 2.75) is 6.54 Å². The summed E-state index contributed by atoms with van der Waals surface area (Å²) < 4.78 is 0. The second kappa shape index (κ2) is 7.67. The van der Waals surface area contributed by atoms with E-state index in [2.05, 4.69) is 30.5 Å². The fraction of sp³-hybridized carbons (Fsp3) is 0.353. The summed E-state index contributed by atoms with van der Waals surface area (Å²) in [5, 5.41) is 7.07.